The van der Waals surface area contributed by atoms with Crippen LogP contribution in [0.5, 0.6) is 0 Å². The summed E-state index contributed by atoms with van der Waals surface area (Å²) in [6.45, 7) is 6.50. The van der Waals surface area contributed by atoms with Crippen LogP contribution in [-0.4, -0.2) is 37.2 Å². The Morgan fingerprint density at radius 2 is 0.506 bits per heavy atom. The number of allylic oxidation sites excluding steroid dienone is 18. The van der Waals surface area contributed by atoms with Crippen LogP contribution in [0.4, 0.5) is 0 Å². The Labute approximate surface area is 476 Å². The molecule has 0 amide bonds. The highest BCUT2D eigenvalue weighted by Crippen LogP contribution is 2.16. The minimum atomic E-state index is -0.798. The van der Waals surface area contributed by atoms with E-state index in [1.54, 1.807) is 0 Å². The summed E-state index contributed by atoms with van der Waals surface area (Å²) in [5.74, 6) is -0.923. The van der Waals surface area contributed by atoms with Gasteiger partial charge in [-0.3, -0.25) is 14.4 Å². The monoisotopic (exact) mass is 1070 g/mol. The highest BCUT2D eigenvalue weighted by Gasteiger charge is 2.19. The zero-order chi connectivity index (χ0) is 55.7. The van der Waals surface area contributed by atoms with Crippen molar-refractivity contribution < 1.29 is 28.6 Å². The Hall–Kier alpha value is -3.93. The largest absolute Gasteiger partial charge is 0.462 e. The van der Waals surface area contributed by atoms with Gasteiger partial charge >= 0.3 is 17.9 Å². The van der Waals surface area contributed by atoms with E-state index in [1.165, 1.54) is 141 Å². The smallest absolute Gasteiger partial charge is 0.306 e. The molecular weight excluding hydrogens is 949 g/mol. The van der Waals surface area contributed by atoms with Gasteiger partial charge in [-0.15, -0.1) is 0 Å². The van der Waals surface area contributed by atoms with E-state index >= 15 is 0 Å². The van der Waals surface area contributed by atoms with Crippen molar-refractivity contribution in [1.82, 2.24) is 0 Å². The maximum absolute atomic E-state index is 12.9. The van der Waals surface area contributed by atoms with Crippen molar-refractivity contribution in [1.29, 1.82) is 0 Å². The van der Waals surface area contributed by atoms with Crippen LogP contribution in [-0.2, 0) is 28.6 Å². The van der Waals surface area contributed by atoms with Crippen LogP contribution in [0.1, 0.15) is 303 Å². The van der Waals surface area contributed by atoms with Crippen molar-refractivity contribution in [2.45, 2.75) is 309 Å². The number of unbranched alkanes of at least 4 members (excludes halogenated alkanes) is 29. The molecule has 0 aliphatic rings. The van der Waals surface area contributed by atoms with Gasteiger partial charge in [-0.25, -0.2) is 0 Å². The number of carbonyl (C=O) groups excluding carboxylic acids is 3. The zero-order valence-electron chi connectivity index (χ0n) is 50.4. The van der Waals surface area contributed by atoms with Crippen molar-refractivity contribution in [3.63, 3.8) is 0 Å². The Bertz CT molecular complexity index is 1560. The lowest BCUT2D eigenvalue weighted by atomic mass is 10.0. The van der Waals surface area contributed by atoms with Crippen molar-refractivity contribution in [3.05, 3.63) is 109 Å². The molecule has 0 saturated carbocycles. The van der Waals surface area contributed by atoms with E-state index < -0.39 is 6.10 Å². The summed E-state index contributed by atoms with van der Waals surface area (Å²) in [5.41, 5.74) is 0. The second-order valence-corrected chi connectivity index (χ2v) is 21.3. The third kappa shape index (κ3) is 62.8. The molecule has 6 nitrogen and oxygen atoms in total. The second kappa shape index (κ2) is 64.6. The van der Waals surface area contributed by atoms with Crippen LogP contribution in [0.15, 0.2) is 109 Å². The SMILES string of the molecule is CC/C=C\C/C=C\C/C=C\C/C=C\C/C=C\C/C=C\C/C=C\CCCCCC(=O)OCC(COC(=O)CCCCCCCCCCCCCCCCCCC)OC(=O)CCCCCCCCC/C=C\C/C=C\CCCCC. The summed E-state index contributed by atoms with van der Waals surface area (Å²) < 4.78 is 16.9. The van der Waals surface area contributed by atoms with Gasteiger partial charge in [0.25, 0.3) is 0 Å². The Balaban J connectivity index is 4.44. The van der Waals surface area contributed by atoms with E-state index in [9.17, 15) is 14.4 Å². The van der Waals surface area contributed by atoms with Crippen LogP contribution in [0.25, 0.3) is 0 Å². The average molecular weight is 1070 g/mol. The van der Waals surface area contributed by atoms with Crippen molar-refractivity contribution >= 4 is 17.9 Å². The topological polar surface area (TPSA) is 78.9 Å². The first-order chi connectivity index (χ1) is 38.0. The quantitative estimate of drug-likeness (QED) is 0.0261. The molecule has 6 heteroatoms. The van der Waals surface area contributed by atoms with Crippen LogP contribution in [0, 0.1) is 0 Å². The maximum atomic E-state index is 12.9. The van der Waals surface area contributed by atoms with Crippen LogP contribution in [0.3, 0.4) is 0 Å². The number of hydrogen-bond donors (Lipinski definition) is 0. The molecule has 77 heavy (non-hydrogen) atoms. The number of rotatable bonds is 58. The van der Waals surface area contributed by atoms with Crippen LogP contribution >= 0.6 is 0 Å². The first kappa shape index (κ1) is 73.1. The van der Waals surface area contributed by atoms with Crippen LogP contribution in [0.2, 0.25) is 0 Å². The van der Waals surface area contributed by atoms with Gasteiger partial charge in [0.2, 0.25) is 0 Å². The Morgan fingerprint density at radius 1 is 0.273 bits per heavy atom. The molecule has 0 heterocycles. The standard InChI is InChI=1S/C71H120O6/c1-4-7-10-13-16-19-22-25-28-31-32-33-34-35-36-37-38-41-43-46-49-52-55-58-61-64-70(73)76-67-68(77-71(74)65-62-59-56-53-50-47-44-40-30-27-24-21-18-15-12-9-6-3)66-75-69(72)63-60-57-54-51-48-45-42-39-29-26-23-20-17-14-11-8-5-2/h7,10,16,18-19,21,25,27-28,30,32-33,35-36,38,41,46,49,68H,4-6,8-9,11-15,17,20,22-24,26,29,31,34,37,39-40,42-45,47-48,50-67H2,1-3H3/b10-7-,19-16-,21-18-,28-25-,30-27-,33-32-,36-35-,41-38-,49-46-. The first-order valence-electron chi connectivity index (χ1n) is 32.4. The van der Waals surface area contributed by atoms with Gasteiger partial charge in [0.1, 0.15) is 13.2 Å². The molecule has 0 rings (SSSR count). The predicted octanol–water partition coefficient (Wildman–Crippen LogP) is 22.2. The summed E-state index contributed by atoms with van der Waals surface area (Å²) in [6.07, 6.45) is 88.0. The molecule has 0 spiro atoms. The molecular formula is C71H120O6. The lowest BCUT2D eigenvalue weighted by molar-refractivity contribution is -0.167. The highest BCUT2D eigenvalue weighted by molar-refractivity contribution is 5.71. The fourth-order valence-corrected chi connectivity index (χ4v) is 8.92. The Kier molecular flexibility index (Phi) is 61.3. The maximum Gasteiger partial charge on any atom is 0.306 e. The molecule has 0 aromatic heterocycles. The van der Waals surface area contributed by atoms with Crippen LogP contribution < -0.4 is 0 Å². The molecule has 1 unspecified atom stereocenters. The van der Waals surface area contributed by atoms with E-state index in [1.807, 2.05) is 0 Å². The predicted molar refractivity (Wildman–Crippen MR) is 334 cm³/mol. The Morgan fingerprint density at radius 3 is 0.831 bits per heavy atom. The van der Waals surface area contributed by atoms with Gasteiger partial charge in [0, 0.05) is 19.3 Å². The number of esters is 3. The van der Waals surface area contributed by atoms with E-state index in [2.05, 4.69) is 130 Å². The summed E-state index contributed by atoms with van der Waals surface area (Å²) in [6, 6.07) is 0. The van der Waals surface area contributed by atoms with E-state index in [-0.39, 0.29) is 31.1 Å². The van der Waals surface area contributed by atoms with Gasteiger partial charge in [-0.2, -0.15) is 0 Å². The van der Waals surface area contributed by atoms with Gasteiger partial charge in [-0.1, -0.05) is 284 Å². The van der Waals surface area contributed by atoms with E-state index in [0.29, 0.717) is 19.3 Å². The minimum absolute atomic E-state index is 0.0906. The van der Waals surface area contributed by atoms with Gasteiger partial charge in [-0.05, 0) is 109 Å². The molecule has 0 radical (unpaired) electrons. The molecule has 0 aromatic rings. The molecule has 0 N–H and O–H groups in total. The summed E-state index contributed by atoms with van der Waals surface area (Å²) in [4.78, 5) is 38.3. The number of carbonyl (C=O) groups is 3. The molecule has 0 aromatic carbocycles. The summed E-state index contributed by atoms with van der Waals surface area (Å²) >= 11 is 0. The third-order valence-corrected chi connectivity index (χ3v) is 13.8. The first-order valence-corrected chi connectivity index (χ1v) is 32.4. The average Bonchev–Trinajstić information content (AvgIpc) is 3.43. The van der Waals surface area contributed by atoms with E-state index in [4.69, 9.17) is 14.2 Å². The molecule has 0 saturated heterocycles. The number of hydrogen-bond acceptors (Lipinski definition) is 6. The summed E-state index contributed by atoms with van der Waals surface area (Å²) in [5, 5.41) is 0. The summed E-state index contributed by atoms with van der Waals surface area (Å²) in [7, 11) is 0. The molecule has 0 aliphatic heterocycles. The van der Waals surface area contributed by atoms with Crippen molar-refractivity contribution in [2.24, 2.45) is 0 Å². The molecule has 0 fully saturated rings. The number of ether oxygens (including phenoxy) is 3. The molecule has 0 bridgehead atoms. The lowest BCUT2D eigenvalue weighted by Gasteiger charge is -2.18. The molecule has 440 valence electrons. The minimum Gasteiger partial charge on any atom is -0.462 e. The normalized spacial score (nSPS) is 12.8. The fraction of sp³-hybridized carbons (Fsp3) is 0.704. The zero-order valence-corrected chi connectivity index (χ0v) is 50.4. The second-order valence-electron chi connectivity index (χ2n) is 21.3. The fourth-order valence-electron chi connectivity index (χ4n) is 8.92. The van der Waals surface area contributed by atoms with Crippen molar-refractivity contribution in [3.8, 4) is 0 Å². The van der Waals surface area contributed by atoms with E-state index in [0.717, 1.165) is 122 Å². The molecule has 0 aliphatic carbocycles. The highest BCUT2D eigenvalue weighted by atomic mass is 16.6. The lowest BCUT2D eigenvalue weighted by Crippen LogP contribution is -2.30. The van der Waals surface area contributed by atoms with Gasteiger partial charge in [0.15, 0.2) is 6.10 Å². The third-order valence-electron chi connectivity index (χ3n) is 13.8. The van der Waals surface area contributed by atoms with Crippen molar-refractivity contribution in [2.75, 3.05) is 13.2 Å². The molecule has 1 atom stereocenters. The van der Waals surface area contributed by atoms with Gasteiger partial charge in [0.05, 0.1) is 0 Å². The van der Waals surface area contributed by atoms with Gasteiger partial charge < -0.3 is 14.2 Å².